The Morgan fingerprint density at radius 3 is 1.65 bits per heavy atom. The highest BCUT2D eigenvalue weighted by Gasteiger charge is 2.17. The highest BCUT2D eigenvalue weighted by Crippen LogP contribution is 2.44. The minimum absolute atomic E-state index is 0.924. The molecule has 0 aliphatic rings. The van der Waals surface area contributed by atoms with Crippen molar-refractivity contribution in [3.8, 4) is 44.6 Å². The van der Waals surface area contributed by atoms with Gasteiger partial charge in [-0.1, -0.05) is 115 Å². The van der Waals surface area contributed by atoms with Gasteiger partial charge in [0.1, 0.15) is 0 Å². The van der Waals surface area contributed by atoms with Gasteiger partial charge in [0, 0.05) is 29.7 Å². The number of hydrogen-bond acceptors (Lipinski definition) is 2. The summed E-state index contributed by atoms with van der Waals surface area (Å²) in [6, 6.07) is 48.3. The van der Waals surface area contributed by atoms with Gasteiger partial charge in [-0.15, -0.1) is 0 Å². The molecule has 0 saturated heterocycles. The Labute approximate surface area is 251 Å². The van der Waals surface area contributed by atoms with Crippen molar-refractivity contribution in [1.29, 1.82) is 0 Å². The highest BCUT2D eigenvalue weighted by atomic mass is 14.7. The van der Waals surface area contributed by atoms with Gasteiger partial charge in [0.15, 0.2) is 0 Å². The molecule has 2 aromatic heterocycles. The Kier molecular flexibility index (Phi) is 6.05. The molecule has 2 heteroatoms. The van der Waals surface area contributed by atoms with E-state index in [0.29, 0.717) is 0 Å². The van der Waals surface area contributed by atoms with Crippen LogP contribution in [0.25, 0.3) is 77.0 Å². The van der Waals surface area contributed by atoms with Crippen molar-refractivity contribution in [3.05, 3.63) is 158 Å². The molecule has 8 rings (SSSR count). The maximum absolute atomic E-state index is 4.71. The summed E-state index contributed by atoms with van der Waals surface area (Å²) in [7, 11) is 0. The van der Waals surface area contributed by atoms with Crippen LogP contribution in [0.1, 0.15) is 5.56 Å². The van der Waals surface area contributed by atoms with Crippen LogP contribution in [-0.4, -0.2) is 9.97 Å². The van der Waals surface area contributed by atoms with Gasteiger partial charge in [-0.3, -0.25) is 9.97 Å². The number of aryl methyl sites for hydroxylation is 1. The molecule has 0 fully saturated rings. The predicted octanol–water partition coefficient (Wildman–Crippen LogP) is 10.9. The number of fused-ring (bicyclic) bond motifs is 3. The lowest BCUT2D eigenvalue weighted by Gasteiger charge is -2.18. The number of rotatable bonds is 4. The Morgan fingerprint density at radius 1 is 0.419 bits per heavy atom. The van der Waals surface area contributed by atoms with Crippen LogP contribution in [0.4, 0.5) is 0 Å². The van der Waals surface area contributed by atoms with Crippen molar-refractivity contribution in [2.75, 3.05) is 0 Å². The maximum atomic E-state index is 4.71. The van der Waals surface area contributed by atoms with Crippen molar-refractivity contribution in [2.24, 2.45) is 0 Å². The zero-order valence-electron chi connectivity index (χ0n) is 23.8. The first-order chi connectivity index (χ1) is 21.2. The molecular formula is C41H28N2. The molecule has 0 unspecified atom stereocenters. The lowest BCUT2D eigenvalue weighted by Crippen LogP contribution is -1.91. The lowest BCUT2D eigenvalue weighted by molar-refractivity contribution is 1.28. The summed E-state index contributed by atoms with van der Waals surface area (Å²) >= 11 is 0. The summed E-state index contributed by atoms with van der Waals surface area (Å²) in [6.07, 6.45) is 5.57. The van der Waals surface area contributed by atoms with E-state index in [9.17, 15) is 0 Å². The minimum atomic E-state index is 0.924. The number of aromatic nitrogens is 2. The molecule has 202 valence electrons. The fourth-order valence-corrected chi connectivity index (χ4v) is 6.35. The first-order valence-electron chi connectivity index (χ1n) is 14.6. The third-order valence-electron chi connectivity index (χ3n) is 8.44. The van der Waals surface area contributed by atoms with Crippen LogP contribution in [-0.2, 0) is 0 Å². The van der Waals surface area contributed by atoms with Crippen molar-refractivity contribution in [1.82, 2.24) is 9.97 Å². The van der Waals surface area contributed by atoms with Crippen LogP contribution < -0.4 is 0 Å². The number of nitrogens with zero attached hydrogens (tertiary/aromatic N) is 2. The van der Waals surface area contributed by atoms with Crippen molar-refractivity contribution >= 4 is 32.3 Å². The quantitative estimate of drug-likeness (QED) is 0.204. The molecule has 0 bridgehead atoms. The SMILES string of the molecule is Cc1ccc2ccc(-c3c4ccccc4c(-c4ccc(-c5ccc(-c6cccnc6)nc5)cc4)c4ccccc34)cc2c1. The van der Waals surface area contributed by atoms with Crippen LogP contribution in [0.5, 0.6) is 0 Å². The Balaban J connectivity index is 1.26. The van der Waals surface area contributed by atoms with Gasteiger partial charge in [-0.2, -0.15) is 0 Å². The van der Waals surface area contributed by atoms with E-state index in [1.54, 1.807) is 6.20 Å². The molecule has 0 aliphatic carbocycles. The largest absolute Gasteiger partial charge is 0.264 e. The number of hydrogen-bond donors (Lipinski definition) is 0. The van der Waals surface area contributed by atoms with Crippen LogP contribution >= 0.6 is 0 Å². The summed E-state index contributed by atoms with van der Waals surface area (Å²) in [5.41, 5.74) is 10.5. The van der Waals surface area contributed by atoms with E-state index in [1.165, 1.54) is 60.1 Å². The van der Waals surface area contributed by atoms with Crippen LogP contribution in [0, 0.1) is 6.92 Å². The molecule has 43 heavy (non-hydrogen) atoms. The topological polar surface area (TPSA) is 25.8 Å². The van der Waals surface area contributed by atoms with Crippen LogP contribution in [0.3, 0.4) is 0 Å². The second kappa shape index (κ2) is 10.3. The molecule has 2 nitrogen and oxygen atoms in total. The zero-order chi connectivity index (χ0) is 28.8. The number of pyridine rings is 2. The summed E-state index contributed by atoms with van der Waals surface area (Å²) in [5.74, 6) is 0. The van der Waals surface area contributed by atoms with E-state index >= 15 is 0 Å². The van der Waals surface area contributed by atoms with Gasteiger partial charge in [-0.05, 0) is 91.3 Å². The molecule has 0 spiro atoms. The third kappa shape index (κ3) is 4.45. The smallest absolute Gasteiger partial charge is 0.0717 e. The van der Waals surface area contributed by atoms with E-state index in [2.05, 4.69) is 133 Å². The molecule has 0 amide bonds. The highest BCUT2D eigenvalue weighted by molar-refractivity contribution is 6.21. The van der Waals surface area contributed by atoms with Crippen LogP contribution in [0.2, 0.25) is 0 Å². The Hall–Kier alpha value is -5.60. The molecule has 0 atom stereocenters. The van der Waals surface area contributed by atoms with Gasteiger partial charge in [0.25, 0.3) is 0 Å². The van der Waals surface area contributed by atoms with E-state index in [1.807, 2.05) is 24.5 Å². The summed E-state index contributed by atoms with van der Waals surface area (Å²) in [4.78, 5) is 8.93. The normalized spacial score (nSPS) is 11.4. The molecule has 0 radical (unpaired) electrons. The zero-order valence-corrected chi connectivity index (χ0v) is 23.8. The minimum Gasteiger partial charge on any atom is -0.264 e. The second-order valence-electron chi connectivity index (χ2n) is 11.2. The van der Waals surface area contributed by atoms with Gasteiger partial charge < -0.3 is 0 Å². The summed E-state index contributed by atoms with van der Waals surface area (Å²) < 4.78 is 0. The standard InChI is InChI=1S/C41H28N2/c1-27-12-13-29-16-19-31(24-34(29)23-27)41-37-10-4-2-8-35(37)40(36-9-3-5-11-38(36)41)30-17-14-28(15-18-30)32-20-21-39(43-26-32)33-7-6-22-42-25-33/h2-26H,1H3. The molecule has 0 N–H and O–H groups in total. The summed E-state index contributed by atoms with van der Waals surface area (Å²) in [5, 5.41) is 7.59. The van der Waals surface area contributed by atoms with E-state index in [0.717, 1.165) is 22.4 Å². The molecule has 0 aliphatic heterocycles. The molecular weight excluding hydrogens is 520 g/mol. The molecule has 8 aromatic rings. The summed E-state index contributed by atoms with van der Waals surface area (Å²) in [6.45, 7) is 2.16. The van der Waals surface area contributed by atoms with Gasteiger partial charge in [-0.25, -0.2) is 0 Å². The average molecular weight is 549 g/mol. The number of benzene rings is 6. The van der Waals surface area contributed by atoms with Crippen molar-refractivity contribution in [2.45, 2.75) is 6.92 Å². The first kappa shape index (κ1) is 25.1. The first-order valence-corrected chi connectivity index (χ1v) is 14.6. The molecule has 2 heterocycles. The van der Waals surface area contributed by atoms with E-state index in [-0.39, 0.29) is 0 Å². The maximum Gasteiger partial charge on any atom is 0.0717 e. The predicted molar refractivity (Wildman–Crippen MR) is 181 cm³/mol. The van der Waals surface area contributed by atoms with E-state index in [4.69, 9.17) is 4.98 Å². The lowest BCUT2D eigenvalue weighted by atomic mass is 9.85. The Bertz CT molecular complexity index is 2210. The fourth-order valence-electron chi connectivity index (χ4n) is 6.35. The molecule has 0 saturated carbocycles. The average Bonchev–Trinajstić information content (AvgIpc) is 3.07. The van der Waals surface area contributed by atoms with Crippen LogP contribution in [0.15, 0.2) is 152 Å². The van der Waals surface area contributed by atoms with Crippen molar-refractivity contribution in [3.63, 3.8) is 0 Å². The van der Waals surface area contributed by atoms with Gasteiger partial charge >= 0.3 is 0 Å². The molecule has 6 aromatic carbocycles. The van der Waals surface area contributed by atoms with Crippen molar-refractivity contribution < 1.29 is 0 Å². The third-order valence-corrected chi connectivity index (χ3v) is 8.44. The van der Waals surface area contributed by atoms with Gasteiger partial charge in [0.05, 0.1) is 5.69 Å². The van der Waals surface area contributed by atoms with E-state index < -0.39 is 0 Å². The second-order valence-corrected chi connectivity index (χ2v) is 11.2. The monoisotopic (exact) mass is 548 g/mol. The Morgan fingerprint density at radius 2 is 1.02 bits per heavy atom. The fraction of sp³-hybridized carbons (Fsp3) is 0.0244. The van der Waals surface area contributed by atoms with Gasteiger partial charge in [0.2, 0.25) is 0 Å².